The molecule has 0 fully saturated rings. The van der Waals surface area contributed by atoms with Crippen LogP contribution in [0.25, 0.3) is 0 Å². The van der Waals surface area contributed by atoms with E-state index in [2.05, 4.69) is 12.0 Å². The molecule has 0 bridgehead atoms. The Labute approximate surface area is 43.7 Å². The highest BCUT2D eigenvalue weighted by Gasteiger charge is 1.72. The van der Waals surface area contributed by atoms with Crippen LogP contribution in [0.2, 0.25) is 0 Å². The molecule has 0 radical (unpaired) electrons. The second-order valence-electron chi connectivity index (χ2n) is 1.17. The summed E-state index contributed by atoms with van der Waals surface area (Å²) in [6.07, 6.45) is 3.65. The second kappa shape index (κ2) is 3.43. The van der Waals surface area contributed by atoms with Crippen LogP contribution in [-0.2, 0) is 0 Å². The Bertz CT molecular complexity index is 84.1. The molecular formula is C5H10N2. The van der Waals surface area contributed by atoms with Crippen LogP contribution in [0.3, 0.4) is 0 Å². The molecule has 3 N–H and O–H groups in total. The van der Waals surface area contributed by atoms with Crippen LogP contribution in [-0.4, -0.2) is 0 Å². The number of hydrazine groups is 1. The molecule has 0 aromatic carbocycles. The van der Waals surface area contributed by atoms with Gasteiger partial charge in [-0.25, -0.2) is 0 Å². The Hall–Kier alpha value is -0.760. The van der Waals surface area contributed by atoms with Gasteiger partial charge in [-0.05, 0) is 13.0 Å². The van der Waals surface area contributed by atoms with Gasteiger partial charge in [-0.2, -0.15) is 0 Å². The molecule has 0 saturated carbocycles. The molecule has 7 heavy (non-hydrogen) atoms. The largest absolute Gasteiger partial charge is 0.325 e. The van der Waals surface area contributed by atoms with E-state index in [1.54, 1.807) is 6.08 Å². The smallest absolute Gasteiger partial charge is 0.0409 e. The van der Waals surface area contributed by atoms with E-state index < -0.39 is 0 Å². The molecule has 40 valence electrons. The quantitative estimate of drug-likeness (QED) is 0.300. The first kappa shape index (κ1) is 6.24. The van der Waals surface area contributed by atoms with E-state index in [1.807, 2.05) is 13.0 Å². The topological polar surface area (TPSA) is 38.0 Å². The predicted octanol–water partition coefficient (Wildman–Crippen LogP) is 0.540. The first-order chi connectivity index (χ1) is 3.31. The average Bonchev–Trinajstić information content (AvgIpc) is 1.68. The Kier molecular flexibility index (Phi) is 3.06. The highest BCUT2D eigenvalue weighted by atomic mass is 15.2. The van der Waals surface area contributed by atoms with Crippen LogP contribution in [0.1, 0.15) is 6.92 Å². The predicted molar refractivity (Wildman–Crippen MR) is 31.3 cm³/mol. The summed E-state index contributed by atoms with van der Waals surface area (Å²) in [5.74, 6) is 4.96. The molecule has 0 saturated heterocycles. The monoisotopic (exact) mass is 98.1 g/mol. The van der Waals surface area contributed by atoms with Gasteiger partial charge in [-0.15, -0.1) is 0 Å². The van der Waals surface area contributed by atoms with Crippen molar-refractivity contribution < 1.29 is 0 Å². The summed E-state index contributed by atoms with van der Waals surface area (Å²) in [6.45, 7) is 5.45. The fourth-order valence-electron chi connectivity index (χ4n) is 0.249. The van der Waals surface area contributed by atoms with E-state index >= 15 is 0 Å². The van der Waals surface area contributed by atoms with Crippen LogP contribution in [0, 0.1) is 0 Å². The maximum Gasteiger partial charge on any atom is 0.0409 e. The molecule has 0 aliphatic rings. The van der Waals surface area contributed by atoms with Gasteiger partial charge in [0.2, 0.25) is 0 Å². The van der Waals surface area contributed by atoms with E-state index in [-0.39, 0.29) is 0 Å². The Morgan fingerprint density at radius 2 is 2.43 bits per heavy atom. The molecule has 2 heteroatoms. The molecule has 0 unspecified atom stereocenters. The third-order valence-electron chi connectivity index (χ3n) is 0.553. The van der Waals surface area contributed by atoms with Crippen molar-refractivity contribution in [1.82, 2.24) is 5.43 Å². The van der Waals surface area contributed by atoms with Crippen molar-refractivity contribution in [2.45, 2.75) is 6.92 Å². The molecule has 0 amide bonds. The van der Waals surface area contributed by atoms with Gasteiger partial charge in [-0.1, -0.05) is 12.7 Å². The minimum absolute atomic E-state index is 0.725. The van der Waals surface area contributed by atoms with Gasteiger partial charge >= 0.3 is 0 Å². The molecule has 0 aromatic rings. The maximum atomic E-state index is 4.96. The standard InChI is InChI=1S/C5H10N2/c1-3-4-5(2)7-6/h3-4,7H,2,6H2,1H3/b4-3-. The molecule has 0 atom stereocenters. The zero-order valence-corrected chi connectivity index (χ0v) is 4.44. The van der Waals surface area contributed by atoms with Crippen LogP contribution in [0.4, 0.5) is 0 Å². The number of hydrogen-bond donors (Lipinski definition) is 2. The van der Waals surface area contributed by atoms with Gasteiger partial charge in [0.15, 0.2) is 0 Å². The molecule has 0 heterocycles. The van der Waals surface area contributed by atoms with Gasteiger partial charge in [0.25, 0.3) is 0 Å². The fourth-order valence-corrected chi connectivity index (χ4v) is 0.249. The van der Waals surface area contributed by atoms with Crippen molar-refractivity contribution in [2.75, 3.05) is 0 Å². The van der Waals surface area contributed by atoms with Crippen molar-refractivity contribution >= 4 is 0 Å². The maximum absolute atomic E-state index is 4.96. The summed E-state index contributed by atoms with van der Waals surface area (Å²) in [5, 5.41) is 0. The molecule has 0 aliphatic heterocycles. The van der Waals surface area contributed by atoms with Gasteiger partial charge in [0.05, 0.1) is 0 Å². The lowest BCUT2D eigenvalue weighted by Crippen LogP contribution is -2.18. The zero-order valence-electron chi connectivity index (χ0n) is 4.44. The van der Waals surface area contributed by atoms with Gasteiger partial charge in [0, 0.05) is 5.70 Å². The lowest BCUT2D eigenvalue weighted by Gasteiger charge is -1.91. The molecular weight excluding hydrogens is 88.1 g/mol. The first-order valence-electron chi connectivity index (χ1n) is 2.09. The van der Waals surface area contributed by atoms with E-state index in [1.165, 1.54) is 0 Å². The minimum atomic E-state index is 0.725. The normalized spacial score (nSPS) is 9.43. The first-order valence-corrected chi connectivity index (χ1v) is 2.09. The zero-order chi connectivity index (χ0) is 5.70. The summed E-state index contributed by atoms with van der Waals surface area (Å²) in [7, 11) is 0. The van der Waals surface area contributed by atoms with Gasteiger partial charge < -0.3 is 5.43 Å². The number of allylic oxidation sites excluding steroid dienone is 2. The highest BCUT2D eigenvalue weighted by Crippen LogP contribution is 1.80. The summed E-state index contributed by atoms with van der Waals surface area (Å²) in [5.41, 5.74) is 3.11. The van der Waals surface area contributed by atoms with Crippen molar-refractivity contribution in [2.24, 2.45) is 5.84 Å². The average molecular weight is 98.1 g/mol. The fraction of sp³-hybridized carbons (Fsp3) is 0.200. The van der Waals surface area contributed by atoms with Crippen molar-refractivity contribution in [3.05, 3.63) is 24.4 Å². The van der Waals surface area contributed by atoms with Crippen LogP contribution in [0.5, 0.6) is 0 Å². The van der Waals surface area contributed by atoms with E-state index in [9.17, 15) is 0 Å². The van der Waals surface area contributed by atoms with E-state index in [4.69, 9.17) is 5.84 Å². The minimum Gasteiger partial charge on any atom is -0.325 e. The SMILES string of the molecule is C=C(/C=C\C)NN. The highest BCUT2D eigenvalue weighted by molar-refractivity contribution is 5.09. The van der Waals surface area contributed by atoms with Crippen LogP contribution >= 0.6 is 0 Å². The number of nitrogens with two attached hydrogens (primary N) is 1. The van der Waals surface area contributed by atoms with Crippen molar-refractivity contribution in [3.8, 4) is 0 Å². The number of rotatable bonds is 2. The van der Waals surface area contributed by atoms with E-state index in [0.29, 0.717) is 0 Å². The van der Waals surface area contributed by atoms with Crippen LogP contribution < -0.4 is 11.3 Å². The molecule has 0 rings (SSSR count). The number of nitrogens with one attached hydrogen (secondary N) is 1. The van der Waals surface area contributed by atoms with E-state index in [0.717, 1.165) is 5.70 Å². The molecule has 0 aliphatic carbocycles. The summed E-state index contributed by atoms with van der Waals surface area (Å²) in [6, 6.07) is 0. The van der Waals surface area contributed by atoms with Gasteiger partial charge in [-0.3, -0.25) is 5.84 Å². The third-order valence-corrected chi connectivity index (χ3v) is 0.553. The molecule has 2 nitrogen and oxygen atoms in total. The van der Waals surface area contributed by atoms with Crippen molar-refractivity contribution in [1.29, 1.82) is 0 Å². The Morgan fingerprint density at radius 3 is 2.57 bits per heavy atom. The Morgan fingerprint density at radius 1 is 1.86 bits per heavy atom. The lowest BCUT2D eigenvalue weighted by molar-refractivity contribution is 0.921. The lowest BCUT2D eigenvalue weighted by atomic mass is 10.4. The molecule has 0 spiro atoms. The summed E-state index contributed by atoms with van der Waals surface area (Å²) in [4.78, 5) is 0. The van der Waals surface area contributed by atoms with Gasteiger partial charge in [0.1, 0.15) is 0 Å². The number of hydrogen-bond acceptors (Lipinski definition) is 2. The third kappa shape index (κ3) is 3.06. The van der Waals surface area contributed by atoms with Crippen LogP contribution in [0.15, 0.2) is 24.4 Å². The summed E-state index contributed by atoms with van der Waals surface area (Å²) < 4.78 is 0. The second-order valence-corrected chi connectivity index (χ2v) is 1.17. The van der Waals surface area contributed by atoms with Crippen molar-refractivity contribution in [3.63, 3.8) is 0 Å². The summed E-state index contributed by atoms with van der Waals surface area (Å²) >= 11 is 0. The Balaban J connectivity index is 3.37. The molecule has 0 aromatic heterocycles.